The van der Waals surface area contributed by atoms with Crippen molar-refractivity contribution in [2.45, 2.75) is 12.0 Å². The van der Waals surface area contributed by atoms with Gasteiger partial charge in [0.2, 0.25) is 0 Å². The van der Waals surface area contributed by atoms with E-state index in [9.17, 15) is 18.3 Å². The van der Waals surface area contributed by atoms with Crippen molar-refractivity contribution in [3.8, 4) is 0 Å². The van der Waals surface area contributed by atoms with Crippen LogP contribution in [0.1, 0.15) is 23.1 Å². The van der Waals surface area contributed by atoms with E-state index >= 15 is 0 Å². The van der Waals surface area contributed by atoms with Crippen LogP contribution in [0.5, 0.6) is 0 Å². The van der Waals surface area contributed by atoms with Gasteiger partial charge in [0.05, 0.1) is 6.10 Å². The zero-order valence-corrected chi connectivity index (χ0v) is 10.6. The van der Waals surface area contributed by atoms with E-state index in [0.29, 0.717) is 0 Å². The summed E-state index contributed by atoms with van der Waals surface area (Å²) in [6.45, 7) is -0.0710. The van der Waals surface area contributed by atoms with E-state index in [1.165, 1.54) is 18.2 Å². The zero-order valence-electron chi connectivity index (χ0n) is 10.6. The molecule has 0 aliphatic rings. The summed E-state index contributed by atoms with van der Waals surface area (Å²) < 4.78 is 40.1. The summed E-state index contributed by atoms with van der Waals surface area (Å²) >= 11 is 0. The number of nitrogens with two attached hydrogens (primary N) is 1. The largest absolute Gasteiger partial charge is 0.388 e. The number of rotatable bonds is 4. The predicted molar refractivity (Wildman–Crippen MR) is 69.5 cm³/mol. The molecule has 0 saturated carbocycles. The quantitative estimate of drug-likeness (QED) is 0.905. The highest BCUT2D eigenvalue weighted by molar-refractivity contribution is 5.29. The maximum Gasteiger partial charge on any atom is 0.129 e. The van der Waals surface area contributed by atoms with Crippen molar-refractivity contribution in [2.24, 2.45) is 5.73 Å². The molecule has 5 heteroatoms. The lowest BCUT2D eigenvalue weighted by atomic mass is 9.89. The number of aliphatic hydroxyl groups excluding tert-OH is 1. The number of hydrogen-bond acceptors (Lipinski definition) is 2. The zero-order chi connectivity index (χ0) is 14.7. The summed E-state index contributed by atoms with van der Waals surface area (Å²) in [5, 5.41) is 10.2. The summed E-state index contributed by atoms with van der Waals surface area (Å²) in [7, 11) is 0. The monoisotopic (exact) mass is 281 g/mol. The first-order valence-electron chi connectivity index (χ1n) is 6.11. The van der Waals surface area contributed by atoms with Crippen molar-refractivity contribution < 1.29 is 18.3 Å². The molecule has 0 heterocycles. The third-order valence-electron chi connectivity index (χ3n) is 3.17. The van der Waals surface area contributed by atoms with E-state index in [0.717, 1.165) is 18.2 Å². The molecule has 0 aromatic heterocycles. The fourth-order valence-corrected chi connectivity index (χ4v) is 2.17. The van der Waals surface area contributed by atoms with E-state index in [-0.39, 0.29) is 17.7 Å². The summed E-state index contributed by atoms with van der Waals surface area (Å²) in [6, 6.07) is 8.59. The molecule has 0 aliphatic carbocycles. The molecule has 2 rings (SSSR count). The van der Waals surface area contributed by atoms with Gasteiger partial charge in [0.1, 0.15) is 17.5 Å². The van der Waals surface area contributed by atoms with E-state index in [4.69, 9.17) is 5.73 Å². The SMILES string of the molecule is NCC(c1cc(F)cc(F)c1)C(O)c1ccccc1F. The van der Waals surface area contributed by atoms with Gasteiger partial charge in [-0.15, -0.1) is 0 Å². The second-order valence-electron chi connectivity index (χ2n) is 4.51. The molecular weight excluding hydrogens is 267 g/mol. The Morgan fingerprint density at radius 1 is 1.00 bits per heavy atom. The number of halogens is 3. The highest BCUT2D eigenvalue weighted by atomic mass is 19.1. The summed E-state index contributed by atoms with van der Waals surface area (Å²) in [6.07, 6.45) is -1.28. The third-order valence-corrected chi connectivity index (χ3v) is 3.17. The molecule has 0 spiro atoms. The number of benzene rings is 2. The van der Waals surface area contributed by atoms with Crippen molar-refractivity contribution in [1.29, 1.82) is 0 Å². The van der Waals surface area contributed by atoms with Crippen molar-refractivity contribution in [1.82, 2.24) is 0 Å². The number of hydrogen-bond donors (Lipinski definition) is 2. The summed E-state index contributed by atoms with van der Waals surface area (Å²) in [5.74, 6) is -2.91. The van der Waals surface area contributed by atoms with Gasteiger partial charge >= 0.3 is 0 Å². The van der Waals surface area contributed by atoms with Crippen molar-refractivity contribution in [2.75, 3.05) is 6.54 Å². The molecule has 0 saturated heterocycles. The van der Waals surface area contributed by atoms with E-state index in [1.807, 2.05) is 0 Å². The Labute approximate surface area is 114 Å². The molecule has 0 aliphatic heterocycles. The van der Waals surface area contributed by atoms with Crippen molar-refractivity contribution >= 4 is 0 Å². The second-order valence-corrected chi connectivity index (χ2v) is 4.51. The van der Waals surface area contributed by atoms with Gasteiger partial charge in [-0.1, -0.05) is 18.2 Å². The Morgan fingerprint density at radius 2 is 1.60 bits per heavy atom. The van der Waals surface area contributed by atoms with Crippen LogP contribution in [-0.2, 0) is 0 Å². The average molecular weight is 281 g/mol. The maximum atomic E-state index is 13.7. The van der Waals surface area contributed by atoms with Gasteiger partial charge < -0.3 is 10.8 Å². The van der Waals surface area contributed by atoms with Crippen LogP contribution in [0.2, 0.25) is 0 Å². The second kappa shape index (κ2) is 6.07. The Kier molecular flexibility index (Phi) is 4.42. The minimum atomic E-state index is -1.28. The van der Waals surface area contributed by atoms with E-state index in [1.54, 1.807) is 6.07 Å². The molecule has 0 bridgehead atoms. The van der Waals surface area contributed by atoms with Crippen LogP contribution in [0, 0.1) is 17.5 Å². The van der Waals surface area contributed by atoms with Gasteiger partial charge in [-0.05, 0) is 23.8 Å². The van der Waals surface area contributed by atoms with Crippen LogP contribution in [0.3, 0.4) is 0 Å². The van der Waals surface area contributed by atoms with Gasteiger partial charge in [-0.25, -0.2) is 13.2 Å². The van der Waals surface area contributed by atoms with Crippen LogP contribution < -0.4 is 5.73 Å². The van der Waals surface area contributed by atoms with Gasteiger partial charge in [-0.2, -0.15) is 0 Å². The standard InChI is InChI=1S/C15H14F3NO/c16-10-5-9(6-11(17)7-10)13(8-19)15(20)12-3-1-2-4-14(12)18/h1-7,13,15,20H,8,19H2. The molecule has 2 aromatic rings. The average Bonchev–Trinajstić information content (AvgIpc) is 2.38. The molecule has 20 heavy (non-hydrogen) atoms. The first-order chi connectivity index (χ1) is 9.52. The maximum absolute atomic E-state index is 13.7. The Hall–Kier alpha value is -1.85. The molecule has 2 atom stereocenters. The minimum Gasteiger partial charge on any atom is -0.388 e. The first-order valence-corrected chi connectivity index (χ1v) is 6.11. The summed E-state index contributed by atoms with van der Waals surface area (Å²) in [4.78, 5) is 0. The Morgan fingerprint density at radius 3 is 2.15 bits per heavy atom. The lowest BCUT2D eigenvalue weighted by Gasteiger charge is -2.22. The molecule has 2 aromatic carbocycles. The topological polar surface area (TPSA) is 46.2 Å². The highest BCUT2D eigenvalue weighted by Gasteiger charge is 2.24. The number of aliphatic hydroxyl groups is 1. The van der Waals surface area contributed by atoms with Gasteiger partial charge in [-0.3, -0.25) is 0 Å². The molecule has 0 amide bonds. The molecule has 0 radical (unpaired) electrons. The molecule has 3 N–H and O–H groups in total. The van der Waals surface area contributed by atoms with E-state index < -0.39 is 29.5 Å². The molecular formula is C15H14F3NO. The molecule has 2 nitrogen and oxygen atoms in total. The van der Waals surface area contributed by atoms with Crippen LogP contribution >= 0.6 is 0 Å². The van der Waals surface area contributed by atoms with Gasteiger partial charge in [0.15, 0.2) is 0 Å². The van der Waals surface area contributed by atoms with Gasteiger partial charge in [0.25, 0.3) is 0 Å². The van der Waals surface area contributed by atoms with Gasteiger partial charge in [0, 0.05) is 24.1 Å². The van der Waals surface area contributed by atoms with Crippen molar-refractivity contribution in [3.63, 3.8) is 0 Å². The van der Waals surface area contributed by atoms with Crippen LogP contribution in [-0.4, -0.2) is 11.7 Å². The fourth-order valence-electron chi connectivity index (χ4n) is 2.17. The Bertz CT molecular complexity index is 583. The van der Waals surface area contributed by atoms with E-state index in [2.05, 4.69) is 0 Å². The van der Waals surface area contributed by atoms with Crippen LogP contribution in [0.15, 0.2) is 42.5 Å². The Balaban J connectivity index is 2.39. The third kappa shape index (κ3) is 3.00. The lowest BCUT2D eigenvalue weighted by Crippen LogP contribution is -2.21. The predicted octanol–water partition coefficient (Wildman–Crippen LogP) is 2.88. The van der Waals surface area contributed by atoms with Crippen molar-refractivity contribution in [3.05, 3.63) is 71.0 Å². The highest BCUT2D eigenvalue weighted by Crippen LogP contribution is 2.32. The molecule has 106 valence electrons. The van der Waals surface area contributed by atoms with Crippen LogP contribution in [0.4, 0.5) is 13.2 Å². The normalized spacial score (nSPS) is 14.1. The molecule has 2 unspecified atom stereocenters. The first kappa shape index (κ1) is 14.6. The minimum absolute atomic E-state index is 0.0487. The smallest absolute Gasteiger partial charge is 0.129 e. The molecule has 0 fully saturated rings. The summed E-state index contributed by atoms with van der Waals surface area (Å²) in [5.41, 5.74) is 5.81. The lowest BCUT2D eigenvalue weighted by molar-refractivity contribution is 0.143. The fraction of sp³-hybridized carbons (Fsp3) is 0.200. The van der Waals surface area contributed by atoms with Crippen LogP contribution in [0.25, 0.3) is 0 Å².